The third-order valence-corrected chi connectivity index (χ3v) is 7.16. The second-order valence-corrected chi connectivity index (χ2v) is 9.16. The van der Waals surface area contributed by atoms with Crippen LogP contribution >= 0.6 is 11.8 Å². The number of benzene rings is 2. The quantitative estimate of drug-likeness (QED) is 0.613. The second-order valence-electron chi connectivity index (χ2n) is 8.10. The van der Waals surface area contributed by atoms with Gasteiger partial charge in [-0.2, -0.15) is 0 Å². The lowest BCUT2D eigenvalue weighted by Crippen LogP contribution is -2.45. The van der Waals surface area contributed by atoms with Crippen LogP contribution in [0, 0.1) is 0 Å². The molecule has 2 aromatic carbocycles. The minimum Gasteiger partial charge on any atom is -0.497 e. The van der Waals surface area contributed by atoms with E-state index in [1.165, 1.54) is 11.1 Å². The number of ether oxygens (including phenoxy) is 2. The summed E-state index contributed by atoms with van der Waals surface area (Å²) in [6.45, 7) is 0. The summed E-state index contributed by atoms with van der Waals surface area (Å²) in [6, 6.07) is 16.1. The fourth-order valence-corrected chi connectivity index (χ4v) is 5.58. The van der Waals surface area contributed by atoms with Crippen molar-refractivity contribution in [3.05, 3.63) is 76.5 Å². The Morgan fingerprint density at radius 1 is 0.969 bits per heavy atom. The molecule has 164 valence electrons. The van der Waals surface area contributed by atoms with Crippen LogP contribution in [0.15, 0.2) is 70.4 Å². The molecule has 1 atom stereocenters. The highest BCUT2D eigenvalue weighted by Crippen LogP contribution is 2.47. The van der Waals surface area contributed by atoms with Crippen molar-refractivity contribution >= 4 is 28.9 Å². The Hall–Kier alpha value is -2.99. The van der Waals surface area contributed by atoms with Gasteiger partial charge in [-0.25, -0.2) is 4.99 Å². The van der Waals surface area contributed by atoms with E-state index in [-0.39, 0.29) is 11.9 Å². The molecule has 1 aliphatic carbocycles. The third-order valence-electron chi connectivity index (χ3n) is 6.21. The Kier molecular flexibility index (Phi) is 5.79. The van der Waals surface area contributed by atoms with Crippen molar-refractivity contribution in [1.82, 2.24) is 4.90 Å². The van der Waals surface area contributed by atoms with Crippen molar-refractivity contribution < 1.29 is 14.3 Å². The number of fused-ring (bicyclic) bond motifs is 1. The van der Waals surface area contributed by atoms with Crippen molar-refractivity contribution in [2.24, 2.45) is 4.99 Å². The molecule has 5 rings (SSSR count). The highest BCUT2D eigenvalue weighted by Gasteiger charge is 2.40. The number of hydrogen-bond donors (Lipinski definition) is 0. The van der Waals surface area contributed by atoms with Gasteiger partial charge >= 0.3 is 0 Å². The van der Waals surface area contributed by atoms with Crippen LogP contribution in [0.1, 0.15) is 42.9 Å². The van der Waals surface area contributed by atoms with Crippen molar-refractivity contribution in [3.63, 3.8) is 0 Å². The molecule has 1 saturated heterocycles. The summed E-state index contributed by atoms with van der Waals surface area (Å²) in [4.78, 5) is 20.0. The van der Waals surface area contributed by atoms with Gasteiger partial charge in [0.05, 0.1) is 26.0 Å². The van der Waals surface area contributed by atoms with Gasteiger partial charge in [0.2, 0.25) is 5.91 Å². The molecule has 32 heavy (non-hydrogen) atoms. The lowest BCUT2D eigenvalue weighted by molar-refractivity contribution is -0.128. The smallest absolute Gasteiger partial charge is 0.230 e. The molecule has 2 aliphatic heterocycles. The minimum absolute atomic E-state index is 0.108. The number of nitrogens with zero attached hydrogens (tertiary/aromatic N) is 2. The monoisotopic (exact) mass is 446 g/mol. The number of rotatable bonds is 4. The lowest BCUT2D eigenvalue weighted by atomic mass is 9.83. The molecule has 1 unspecified atom stereocenters. The predicted molar refractivity (Wildman–Crippen MR) is 129 cm³/mol. The summed E-state index contributed by atoms with van der Waals surface area (Å²) in [5, 5.41) is 0.823. The van der Waals surface area contributed by atoms with Gasteiger partial charge in [0.1, 0.15) is 11.5 Å². The van der Waals surface area contributed by atoms with E-state index >= 15 is 0 Å². The van der Waals surface area contributed by atoms with Crippen molar-refractivity contribution in [2.75, 3.05) is 20.0 Å². The molecule has 2 heterocycles. The molecule has 2 aromatic rings. The lowest BCUT2D eigenvalue weighted by Gasteiger charge is -2.42. The fourth-order valence-electron chi connectivity index (χ4n) is 4.62. The summed E-state index contributed by atoms with van der Waals surface area (Å²) in [6.07, 6.45) is 5.75. The van der Waals surface area contributed by atoms with E-state index in [2.05, 4.69) is 30.3 Å². The Labute approximate surface area is 192 Å². The topological polar surface area (TPSA) is 51.1 Å². The maximum Gasteiger partial charge on any atom is 0.230 e. The largest absolute Gasteiger partial charge is 0.497 e. The van der Waals surface area contributed by atoms with E-state index in [9.17, 15) is 4.79 Å². The van der Waals surface area contributed by atoms with Gasteiger partial charge in [-0.3, -0.25) is 9.69 Å². The van der Waals surface area contributed by atoms with Gasteiger partial charge in [0.25, 0.3) is 0 Å². The van der Waals surface area contributed by atoms with E-state index in [1.807, 2.05) is 29.2 Å². The summed E-state index contributed by atoms with van der Waals surface area (Å²) < 4.78 is 10.6. The average molecular weight is 447 g/mol. The molecule has 6 heteroatoms. The van der Waals surface area contributed by atoms with Gasteiger partial charge in [-0.1, -0.05) is 36.0 Å². The Balaban J connectivity index is 1.61. The first-order valence-electron chi connectivity index (χ1n) is 10.9. The van der Waals surface area contributed by atoms with E-state index in [0.29, 0.717) is 6.42 Å². The summed E-state index contributed by atoms with van der Waals surface area (Å²) >= 11 is 1.68. The molecular formula is C26H26N2O3S. The van der Waals surface area contributed by atoms with E-state index in [1.54, 1.807) is 26.0 Å². The number of thioether (sulfide) groups is 1. The average Bonchev–Trinajstić information content (AvgIpc) is 2.84. The number of hydrogen-bond acceptors (Lipinski definition) is 5. The molecule has 3 aliphatic rings. The number of aliphatic imine (C=N–C) groups is 1. The van der Waals surface area contributed by atoms with Crippen LogP contribution in [0.5, 0.6) is 11.5 Å². The second kappa shape index (κ2) is 8.87. The Bertz CT molecular complexity index is 1120. The van der Waals surface area contributed by atoms with Crippen LogP contribution in [-0.4, -0.2) is 35.9 Å². The zero-order chi connectivity index (χ0) is 22.1. The normalized spacial score (nSPS) is 21.8. The predicted octanol–water partition coefficient (Wildman–Crippen LogP) is 5.60. The molecule has 0 N–H and O–H groups in total. The first kappa shape index (κ1) is 20.9. The zero-order valence-corrected chi connectivity index (χ0v) is 19.2. The van der Waals surface area contributed by atoms with Crippen LogP contribution in [-0.2, 0) is 4.79 Å². The number of carbonyl (C=O) groups is 1. The van der Waals surface area contributed by atoms with Gasteiger partial charge < -0.3 is 9.47 Å². The van der Waals surface area contributed by atoms with E-state index < -0.39 is 0 Å². The first-order valence-corrected chi connectivity index (χ1v) is 11.9. The third kappa shape index (κ3) is 3.84. The van der Waals surface area contributed by atoms with Gasteiger partial charge in [-0.05, 0) is 71.9 Å². The summed E-state index contributed by atoms with van der Waals surface area (Å²) in [5.41, 5.74) is 5.76. The zero-order valence-electron chi connectivity index (χ0n) is 18.3. The molecule has 1 fully saturated rings. The molecule has 5 nitrogen and oxygen atoms in total. The van der Waals surface area contributed by atoms with Crippen LogP contribution in [0.4, 0.5) is 0 Å². The van der Waals surface area contributed by atoms with Crippen molar-refractivity contribution in [3.8, 4) is 11.5 Å². The highest BCUT2D eigenvalue weighted by atomic mass is 32.2. The van der Waals surface area contributed by atoms with E-state index in [4.69, 9.17) is 14.5 Å². The summed E-state index contributed by atoms with van der Waals surface area (Å²) in [5.74, 6) is 2.60. The van der Waals surface area contributed by atoms with Gasteiger partial charge in [-0.15, -0.1) is 0 Å². The standard InChI is InChI=1S/C26H26N2O3S/c1-30-20-10-6-17(7-11-20)16-19-4-3-5-22-24(19)27-26-28(23(29)14-15-32-26)25(22)18-8-12-21(31-2)13-9-18/h6-13,16,25H,3-5,14-15H2,1-2H3. The number of amidine groups is 1. The number of carbonyl (C=O) groups excluding carboxylic acids is 1. The molecule has 0 radical (unpaired) electrons. The van der Waals surface area contributed by atoms with Crippen molar-refractivity contribution in [2.45, 2.75) is 31.7 Å². The number of amides is 1. The minimum atomic E-state index is -0.108. The molecule has 1 amide bonds. The summed E-state index contributed by atoms with van der Waals surface area (Å²) in [7, 11) is 3.35. The van der Waals surface area contributed by atoms with E-state index in [0.717, 1.165) is 58.5 Å². The van der Waals surface area contributed by atoms with Crippen LogP contribution in [0.2, 0.25) is 0 Å². The van der Waals surface area contributed by atoms with Crippen molar-refractivity contribution in [1.29, 1.82) is 0 Å². The highest BCUT2D eigenvalue weighted by molar-refractivity contribution is 8.14. The maximum absolute atomic E-state index is 13.0. The number of allylic oxidation sites excluding steroid dienone is 1. The van der Waals surface area contributed by atoms with Crippen LogP contribution in [0.25, 0.3) is 6.08 Å². The molecule has 0 aromatic heterocycles. The SMILES string of the molecule is COc1ccc(C=C2CCCC3=C2N=C2SCCC(=O)N2C3c2ccc(OC)cc2)cc1. The first-order chi connectivity index (χ1) is 15.7. The number of methoxy groups -OCH3 is 2. The molecule has 0 bridgehead atoms. The fraction of sp³-hybridized carbons (Fsp3) is 0.308. The van der Waals surface area contributed by atoms with Gasteiger partial charge in [0.15, 0.2) is 5.17 Å². The molecule has 0 saturated carbocycles. The maximum atomic E-state index is 13.0. The van der Waals surface area contributed by atoms with Crippen LogP contribution < -0.4 is 9.47 Å². The molecular weight excluding hydrogens is 420 g/mol. The Morgan fingerprint density at radius 3 is 2.34 bits per heavy atom. The van der Waals surface area contributed by atoms with Crippen LogP contribution in [0.3, 0.4) is 0 Å². The Morgan fingerprint density at radius 2 is 1.66 bits per heavy atom. The molecule has 0 spiro atoms. The van der Waals surface area contributed by atoms with Gasteiger partial charge in [0, 0.05) is 12.2 Å².